The van der Waals surface area contributed by atoms with Gasteiger partial charge in [0, 0.05) is 16.3 Å². The molecule has 0 saturated heterocycles. The minimum atomic E-state index is 0.880. The molecule has 0 radical (unpaired) electrons. The molecule has 15 heavy (non-hydrogen) atoms. The molecule has 2 aliphatic rings. The van der Waals surface area contributed by atoms with E-state index in [1.807, 2.05) is 29.6 Å². The van der Waals surface area contributed by atoms with Gasteiger partial charge >= 0.3 is 0 Å². The SMILES string of the molecule is COc1ccc2nc3ccscc-3c2c1. The van der Waals surface area contributed by atoms with Gasteiger partial charge in [-0.15, -0.1) is 0 Å². The van der Waals surface area contributed by atoms with E-state index in [0.29, 0.717) is 0 Å². The number of nitrogens with zero attached hydrogens (tertiary/aromatic N) is 1. The van der Waals surface area contributed by atoms with Gasteiger partial charge in [0.25, 0.3) is 0 Å². The van der Waals surface area contributed by atoms with Crippen LogP contribution in [0.25, 0.3) is 22.2 Å². The summed E-state index contributed by atoms with van der Waals surface area (Å²) in [7, 11) is 1.68. The zero-order chi connectivity index (χ0) is 10.3. The molecule has 74 valence electrons. The van der Waals surface area contributed by atoms with Crippen molar-refractivity contribution in [3.63, 3.8) is 0 Å². The van der Waals surface area contributed by atoms with Crippen LogP contribution >= 0.6 is 11.3 Å². The first kappa shape index (κ1) is 8.68. The van der Waals surface area contributed by atoms with Gasteiger partial charge in [-0.05, 0) is 29.6 Å². The van der Waals surface area contributed by atoms with Gasteiger partial charge < -0.3 is 4.74 Å². The van der Waals surface area contributed by atoms with Crippen molar-refractivity contribution in [1.82, 2.24) is 4.98 Å². The molecule has 0 atom stereocenters. The Bertz CT molecular complexity index is 587. The van der Waals surface area contributed by atoms with Gasteiger partial charge in [-0.3, -0.25) is 0 Å². The molecule has 1 aromatic carbocycles. The van der Waals surface area contributed by atoms with Gasteiger partial charge in [-0.1, -0.05) is 0 Å². The van der Waals surface area contributed by atoms with Crippen LogP contribution in [0.2, 0.25) is 0 Å². The number of aromatic nitrogens is 1. The number of ether oxygens (including phenoxy) is 1. The van der Waals surface area contributed by atoms with E-state index in [-0.39, 0.29) is 0 Å². The van der Waals surface area contributed by atoms with E-state index in [1.165, 1.54) is 10.9 Å². The molecular weight excluding hydrogens is 206 g/mol. The smallest absolute Gasteiger partial charge is 0.119 e. The molecule has 0 bridgehead atoms. The third kappa shape index (κ3) is 1.27. The van der Waals surface area contributed by atoms with Gasteiger partial charge in [-0.25, -0.2) is 4.98 Å². The average Bonchev–Trinajstić information content (AvgIpc) is 2.66. The molecule has 1 aromatic rings. The first-order valence-corrected chi connectivity index (χ1v) is 5.62. The van der Waals surface area contributed by atoms with Crippen molar-refractivity contribution < 1.29 is 4.74 Å². The Morgan fingerprint density at radius 3 is 3.07 bits per heavy atom. The third-order valence-corrected chi connectivity index (χ3v) is 3.17. The van der Waals surface area contributed by atoms with Crippen molar-refractivity contribution in [2.75, 3.05) is 7.11 Å². The monoisotopic (exact) mass is 215 g/mol. The minimum absolute atomic E-state index is 0.880. The largest absolute Gasteiger partial charge is 0.497 e. The highest BCUT2D eigenvalue weighted by Crippen LogP contribution is 2.33. The Balaban J connectivity index is 2.40. The van der Waals surface area contributed by atoms with Crippen LogP contribution in [0.3, 0.4) is 0 Å². The predicted molar refractivity (Wildman–Crippen MR) is 62.8 cm³/mol. The van der Waals surface area contributed by atoms with Gasteiger partial charge in [0.15, 0.2) is 0 Å². The Morgan fingerprint density at radius 1 is 1.27 bits per heavy atom. The second kappa shape index (κ2) is 3.21. The topological polar surface area (TPSA) is 22.1 Å². The van der Waals surface area contributed by atoms with Gasteiger partial charge in [0.2, 0.25) is 0 Å². The Hall–Kier alpha value is -1.61. The highest BCUT2D eigenvalue weighted by Gasteiger charge is 2.11. The van der Waals surface area contributed by atoms with Crippen molar-refractivity contribution in [2.45, 2.75) is 0 Å². The zero-order valence-electron chi connectivity index (χ0n) is 8.23. The molecular formula is C12H9NOS. The molecule has 0 unspecified atom stereocenters. The average molecular weight is 215 g/mol. The zero-order valence-corrected chi connectivity index (χ0v) is 9.04. The van der Waals surface area contributed by atoms with Gasteiger partial charge in [-0.2, -0.15) is 11.3 Å². The summed E-state index contributed by atoms with van der Waals surface area (Å²) in [5.74, 6) is 0.880. The van der Waals surface area contributed by atoms with Crippen LogP contribution in [0.1, 0.15) is 0 Å². The van der Waals surface area contributed by atoms with Crippen molar-refractivity contribution in [3.05, 3.63) is 35.0 Å². The fourth-order valence-electron chi connectivity index (χ4n) is 1.75. The number of methoxy groups -OCH3 is 1. The molecule has 0 aromatic heterocycles. The number of hydrogen-bond donors (Lipinski definition) is 0. The summed E-state index contributed by atoms with van der Waals surface area (Å²) >= 11 is 1.68. The fraction of sp³-hybridized carbons (Fsp3) is 0.0833. The Kier molecular flexibility index (Phi) is 1.86. The molecule has 3 rings (SSSR count). The van der Waals surface area contributed by atoms with Crippen molar-refractivity contribution in [2.24, 2.45) is 0 Å². The summed E-state index contributed by atoms with van der Waals surface area (Å²) in [4.78, 5) is 4.54. The summed E-state index contributed by atoms with van der Waals surface area (Å²) in [6, 6.07) is 8.03. The Morgan fingerprint density at radius 2 is 2.20 bits per heavy atom. The number of benzene rings is 1. The quantitative estimate of drug-likeness (QED) is 0.620. The van der Waals surface area contributed by atoms with E-state index >= 15 is 0 Å². The second-order valence-electron chi connectivity index (χ2n) is 3.35. The lowest BCUT2D eigenvalue weighted by molar-refractivity contribution is 0.415. The summed E-state index contributed by atoms with van der Waals surface area (Å²) < 4.78 is 5.22. The lowest BCUT2D eigenvalue weighted by Gasteiger charge is -1.99. The molecule has 3 heteroatoms. The standard InChI is InChI=1S/C12H9NOS/c1-14-8-2-3-11-9(6-8)10-7-15-5-4-12(10)13-11/h2-7H,1H3. The molecule has 0 N–H and O–H groups in total. The number of hydrogen-bond acceptors (Lipinski definition) is 3. The third-order valence-electron chi connectivity index (χ3n) is 2.50. The molecule has 0 saturated carbocycles. The molecule has 0 fully saturated rings. The minimum Gasteiger partial charge on any atom is -0.497 e. The lowest BCUT2D eigenvalue weighted by atomic mass is 10.1. The van der Waals surface area contributed by atoms with E-state index in [1.54, 1.807) is 18.4 Å². The summed E-state index contributed by atoms with van der Waals surface area (Å²) in [6.07, 6.45) is 0. The maximum Gasteiger partial charge on any atom is 0.119 e. The molecule has 0 amide bonds. The van der Waals surface area contributed by atoms with Crippen LogP contribution < -0.4 is 4.74 Å². The van der Waals surface area contributed by atoms with Crippen LogP contribution in [0.15, 0.2) is 35.0 Å². The summed E-state index contributed by atoms with van der Waals surface area (Å²) in [6.45, 7) is 0. The van der Waals surface area contributed by atoms with Crippen LogP contribution in [0, 0.1) is 0 Å². The van der Waals surface area contributed by atoms with E-state index < -0.39 is 0 Å². The highest BCUT2D eigenvalue weighted by atomic mass is 32.1. The van der Waals surface area contributed by atoms with Crippen molar-refractivity contribution in [3.8, 4) is 17.0 Å². The van der Waals surface area contributed by atoms with Crippen molar-refractivity contribution >= 4 is 22.2 Å². The lowest BCUT2D eigenvalue weighted by Crippen LogP contribution is -1.80. The Labute approximate surface area is 91.5 Å². The summed E-state index contributed by atoms with van der Waals surface area (Å²) in [5, 5.41) is 5.34. The molecule has 2 heterocycles. The second-order valence-corrected chi connectivity index (χ2v) is 4.13. The van der Waals surface area contributed by atoms with Crippen molar-refractivity contribution in [1.29, 1.82) is 0 Å². The van der Waals surface area contributed by atoms with Gasteiger partial charge in [0.1, 0.15) is 5.75 Å². The van der Waals surface area contributed by atoms with E-state index in [9.17, 15) is 0 Å². The van der Waals surface area contributed by atoms with E-state index in [0.717, 1.165) is 17.0 Å². The molecule has 2 nitrogen and oxygen atoms in total. The number of rotatable bonds is 1. The first-order valence-electron chi connectivity index (χ1n) is 4.68. The molecule has 0 spiro atoms. The van der Waals surface area contributed by atoms with E-state index in [2.05, 4.69) is 10.4 Å². The maximum absolute atomic E-state index is 5.22. The normalized spacial score (nSPS) is 11.0. The highest BCUT2D eigenvalue weighted by molar-refractivity contribution is 7.08. The first-order chi connectivity index (χ1) is 7.38. The fourth-order valence-corrected chi connectivity index (χ4v) is 2.42. The van der Waals surface area contributed by atoms with E-state index in [4.69, 9.17) is 4.74 Å². The summed E-state index contributed by atoms with van der Waals surface area (Å²) in [5.41, 5.74) is 3.29. The van der Waals surface area contributed by atoms with Gasteiger partial charge in [0.05, 0.1) is 18.3 Å². The molecule has 0 aliphatic carbocycles. The number of fused-ring (bicyclic) bond motifs is 3. The van der Waals surface area contributed by atoms with Crippen LogP contribution in [-0.2, 0) is 0 Å². The molecule has 2 aliphatic heterocycles. The van der Waals surface area contributed by atoms with Crippen LogP contribution in [0.4, 0.5) is 0 Å². The maximum atomic E-state index is 5.22. The van der Waals surface area contributed by atoms with Crippen LogP contribution in [0.5, 0.6) is 5.75 Å². The van der Waals surface area contributed by atoms with Crippen LogP contribution in [-0.4, -0.2) is 12.1 Å². The predicted octanol–water partition coefficient (Wildman–Crippen LogP) is 3.41.